The van der Waals surface area contributed by atoms with Gasteiger partial charge in [-0.15, -0.1) is 0 Å². The number of hydrogen-bond acceptors (Lipinski definition) is 9. The van der Waals surface area contributed by atoms with Gasteiger partial charge in [0.2, 0.25) is 0 Å². The van der Waals surface area contributed by atoms with Gasteiger partial charge in [-0.3, -0.25) is 0 Å². The van der Waals surface area contributed by atoms with Gasteiger partial charge in [-0.25, -0.2) is 0 Å². The number of rotatable bonds is 7. The van der Waals surface area contributed by atoms with E-state index >= 15 is 0 Å². The Kier molecular flexibility index (Phi) is 8.28. The van der Waals surface area contributed by atoms with Gasteiger partial charge >= 0.3 is 0 Å². The van der Waals surface area contributed by atoms with Crippen LogP contribution in [0.15, 0.2) is 48.5 Å². The molecule has 0 amide bonds. The number of carbonyl (C=O) groups excluding carboxylic acids is 1. The molecule has 202 valence electrons. The number of para-hydroxylation sites is 1. The molecule has 1 spiro atoms. The summed E-state index contributed by atoms with van der Waals surface area (Å²) in [7, 11) is 3.25. The van der Waals surface area contributed by atoms with Crippen molar-refractivity contribution in [2.45, 2.75) is 19.8 Å². The fourth-order valence-electron chi connectivity index (χ4n) is 5.07. The van der Waals surface area contributed by atoms with Crippen LogP contribution in [0, 0.1) is 11.3 Å². The molecule has 3 heterocycles. The zero-order valence-electron chi connectivity index (χ0n) is 22.4. The minimum absolute atomic E-state index is 0.133. The van der Waals surface area contributed by atoms with E-state index in [0.29, 0.717) is 22.4 Å². The second-order valence-corrected chi connectivity index (χ2v) is 11.3. The van der Waals surface area contributed by atoms with Crippen LogP contribution in [0.1, 0.15) is 36.6 Å². The lowest BCUT2D eigenvalue weighted by molar-refractivity contribution is -0.109. The van der Waals surface area contributed by atoms with Crippen molar-refractivity contribution < 1.29 is 14.6 Å². The van der Waals surface area contributed by atoms with Gasteiger partial charge in [0.1, 0.15) is 17.0 Å². The molecule has 8 nitrogen and oxygen atoms in total. The van der Waals surface area contributed by atoms with Crippen LogP contribution in [0.5, 0.6) is 5.75 Å². The molecule has 5 N–H and O–H groups in total. The van der Waals surface area contributed by atoms with Gasteiger partial charge in [0.25, 0.3) is 0 Å². The highest BCUT2D eigenvalue weighted by Gasteiger charge is 2.52. The molecule has 0 radical (unpaired) electrons. The molecular formula is C29H37N5O3S. The summed E-state index contributed by atoms with van der Waals surface area (Å²) in [6, 6.07) is 15.1. The first-order valence-corrected chi connectivity index (χ1v) is 13.4. The number of aromatic nitrogens is 1. The van der Waals surface area contributed by atoms with Gasteiger partial charge in [-0.05, 0) is 59.4 Å². The number of aromatic hydroxyl groups is 1. The van der Waals surface area contributed by atoms with Crippen molar-refractivity contribution in [3.63, 3.8) is 0 Å². The number of phenols is 1. The molecule has 9 heteroatoms. The van der Waals surface area contributed by atoms with Crippen LogP contribution in [0.25, 0.3) is 11.8 Å². The molecule has 2 aliphatic rings. The van der Waals surface area contributed by atoms with Crippen molar-refractivity contribution in [1.29, 1.82) is 0 Å². The Hall–Kier alpha value is -3.56. The molecular weight excluding hydrogens is 498 g/mol. The van der Waals surface area contributed by atoms with Crippen LogP contribution < -0.4 is 21.3 Å². The Morgan fingerprint density at radius 3 is 2.37 bits per heavy atom. The maximum absolute atomic E-state index is 11.4. The van der Waals surface area contributed by atoms with Gasteiger partial charge < -0.3 is 35.9 Å². The molecule has 2 saturated heterocycles. The van der Waals surface area contributed by atoms with Crippen LogP contribution in [0.2, 0.25) is 0 Å². The molecule has 3 aromatic rings. The topological polar surface area (TPSA) is 118 Å². The van der Waals surface area contributed by atoms with Gasteiger partial charge in [-0.2, -0.15) is 4.37 Å². The highest BCUT2D eigenvalue weighted by atomic mass is 32.1. The summed E-state index contributed by atoms with van der Waals surface area (Å²) >= 11 is 1.49. The van der Waals surface area contributed by atoms with Crippen LogP contribution in [0.3, 0.4) is 0 Å². The molecule has 38 heavy (non-hydrogen) atoms. The lowest BCUT2D eigenvalue weighted by Crippen LogP contribution is -2.72. The van der Waals surface area contributed by atoms with Crippen molar-refractivity contribution >= 4 is 46.0 Å². The third kappa shape index (κ3) is 5.63. The normalized spacial score (nSPS) is 16.9. The molecule has 0 aliphatic carbocycles. The van der Waals surface area contributed by atoms with E-state index in [1.165, 1.54) is 11.5 Å². The monoisotopic (exact) mass is 535 g/mol. The zero-order valence-corrected chi connectivity index (χ0v) is 23.2. The van der Waals surface area contributed by atoms with Crippen molar-refractivity contribution in [2.75, 3.05) is 55.9 Å². The molecule has 0 saturated carbocycles. The van der Waals surface area contributed by atoms with Gasteiger partial charge in [0.15, 0.2) is 0 Å². The summed E-state index contributed by atoms with van der Waals surface area (Å²) in [4.78, 5) is 16.2. The minimum atomic E-state index is -0.133. The Labute approximate surface area is 228 Å². The molecule has 1 atom stereocenters. The first-order chi connectivity index (χ1) is 18.2. The highest BCUT2D eigenvalue weighted by molar-refractivity contribution is 7.10. The Balaban J connectivity index is 0.00000107. The van der Waals surface area contributed by atoms with Gasteiger partial charge in [0, 0.05) is 68.4 Å². The summed E-state index contributed by atoms with van der Waals surface area (Å²) in [6.07, 6.45) is 2.81. The second kappa shape index (κ2) is 11.4. The highest BCUT2D eigenvalue weighted by Crippen LogP contribution is 2.45. The quantitative estimate of drug-likeness (QED) is 0.231. The molecule has 1 unspecified atom stereocenters. The Bertz CT molecular complexity index is 1290. The first-order valence-electron chi connectivity index (χ1n) is 12.7. The molecule has 1 aromatic heterocycles. The van der Waals surface area contributed by atoms with Gasteiger partial charge in [-0.1, -0.05) is 32.0 Å². The number of anilines is 3. The molecule has 2 aromatic carbocycles. The number of hydrogen-bond donors (Lipinski definition) is 3. The Morgan fingerprint density at radius 2 is 1.76 bits per heavy atom. The zero-order chi connectivity index (χ0) is 27.4. The smallest absolute Gasteiger partial charge is 0.129 e. The standard InChI is InChI=1S/C27H31N5O2S.C2H6O/c1-17(2)21(12-33)24-11-26(35-30-24)32-15-27(16-32)13-31(14-27)19-8-7-18(22(28)10-19)9-23(29)20-5-3-4-6-25(20)34;1-3-2/h3-12,17,21,34H,13-16,28-29H2,1-2H3;1-2H3/b23-9-;. The van der Waals surface area contributed by atoms with Crippen LogP contribution in [-0.4, -0.2) is 56.2 Å². The van der Waals surface area contributed by atoms with E-state index in [4.69, 9.17) is 11.5 Å². The summed E-state index contributed by atoms with van der Waals surface area (Å²) in [5, 5.41) is 11.2. The molecule has 5 rings (SSSR count). The van der Waals surface area contributed by atoms with E-state index < -0.39 is 0 Å². The van der Waals surface area contributed by atoms with Crippen molar-refractivity contribution in [1.82, 2.24) is 4.37 Å². The lowest BCUT2D eigenvalue weighted by atomic mass is 9.72. The predicted molar refractivity (Wildman–Crippen MR) is 157 cm³/mol. The van der Waals surface area contributed by atoms with E-state index in [1.54, 1.807) is 38.5 Å². The maximum Gasteiger partial charge on any atom is 0.129 e. The van der Waals surface area contributed by atoms with E-state index in [9.17, 15) is 9.90 Å². The van der Waals surface area contributed by atoms with Crippen LogP contribution >= 0.6 is 11.5 Å². The number of aldehydes is 1. The van der Waals surface area contributed by atoms with Crippen LogP contribution in [-0.2, 0) is 9.53 Å². The number of phenolic OH excluding ortho intramolecular Hbond substituents is 1. The van der Waals surface area contributed by atoms with Crippen molar-refractivity contribution in [2.24, 2.45) is 17.1 Å². The number of nitrogens with two attached hydrogens (primary N) is 2. The lowest BCUT2D eigenvalue weighted by Gasteiger charge is -2.61. The summed E-state index contributed by atoms with van der Waals surface area (Å²) < 4.78 is 8.80. The minimum Gasteiger partial charge on any atom is -0.507 e. The SMILES string of the molecule is CC(C)C(C=O)c1cc(N2CC3(CN(c4ccc(/C=C(\N)c5ccccc5O)c(N)c4)C3)C2)sn1.COC. The number of carbonyl (C=O) groups is 1. The average Bonchev–Trinajstić information content (AvgIpc) is 3.29. The third-order valence-electron chi connectivity index (χ3n) is 7.10. The predicted octanol–water partition coefficient (Wildman–Crippen LogP) is 4.42. The van der Waals surface area contributed by atoms with Gasteiger partial charge in [0.05, 0.1) is 11.6 Å². The van der Waals surface area contributed by atoms with Crippen LogP contribution in [0.4, 0.5) is 16.4 Å². The fraction of sp³-hybridized carbons (Fsp3) is 0.379. The maximum atomic E-state index is 11.4. The fourth-order valence-corrected chi connectivity index (χ4v) is 5.86. The molecule has 0 bridgehead atoms. The van der Waals surface area contributed by atoms with E-state index in [0.717, 1.165) is 54.4 Å². The summed E-state index contributed by atoms with van der Waals surface area (Å²) in [6.45, 7) is 8.11. The summed E-state index contributed by atoms with van der Waals surface area (Å²) in [5.74, 6) is 0.267. The number of benzene rings is 2. The first kappa shape index (κ1) is 27.5. The molecule has 2 fully saturated rings. The van der Waals surface area contributed by atoms with E-state index in [1.807, 2.05) is 18.2 Å². The van der Waals surface area contributed by atoms with E-state index in [-0.39, 0.29) is 17.6 Å². The van der Waals surface area contributed by atoms with Crippen molar-refractivity contribution in [3.8, 4) is 5.75 Å². The third-order valence-corrected chi connectivity index (χ3v) is 7.97. The Morgan fingerprint density at radius 1 is 1.11 bits per heavy atom. The largest absolute Gasteiger partial charge is 0.507 e. The number of ether oxygens (including phenoxy) is 1. The number of nitrogen functional groups attached to an aromatic ring is 1. The average molecular weight is 536 g/mol. The van der Waals surface area contributed by atoms with E-state index in [2.05, 4.69) is 44.9 Å². The second-order valence-electron chi connectivity index (χ2n) is 10.5. The molecule has 2 aliphatic heterocycles. The van der Waals surface area contributed by atoms with Crippen molar-refractivity contribution in [3.05, 3.63) is 65.4 Å². The number of nitrogens with zero attached hydrogens (tertiary/aromatic N) is 3. The number of methoxy groups -OCH3 is 1. The summed E-state index contributed by atoms with van der Waals surface area (Å²) in [5.41, 5.74) is 17.4.